The molecule has 1 aliphatic rings. The van der Waals surface area contributed by atoms with Gasteiger partial charge in [-0.05, 0) is 32.4 Å². The van der Waals surface area contributed by atoms with Crippen molar-refractivity contribution in [3.63, 3.8) is 0 Å². The van der Waals surface area contributed by atoms with E-state index in [0.717, 1.165) is 6.26 Å². The Morgan fingerprint density at radius 1 is 1.40 bits per heavy atom. The second-order valence-electron chi connectivity index (χ2n) is 6.26. The molecule has 1 aliphatic heterocycles. The Balaban J connectivity index is 2.00. The van der Waals surface area contributed by atoms with Crippen molar-refractivity contribution < 1.29 is 22.7 Å². The van der Waals surface area contributed by atoms with E-state index in [4.69, 9.17) is 9.47 Å². The molecule has 2 rings (SSSR count). The number of hydrogen-bond donors (Lipinski definition) is 1. The van der Waals surface area contributed by atoms with Crippen molar-refractivity contribution in [2.24, 2.45) is 0 Å². The third-order valence-corrected chi connectivity index (χ3v) is 4.94. The van der Waals surface area contributed by atoms with Crippen LogP contribution in [0.25, 0.3) is 0 Å². The van der Waals surface area contributed by atoms with Gasteiger partial charge in [0.15, 0.2) is 6.10 Å². The fourth-order valence-electron chi connectivity index (χ4n) is 2.58. The van der Waals surface area contributed by atoms with E-state index < -0.39 is 16.1 Å². The molecule has 25 heavy (non-hydrogen) atoms. The maximum absolute atomic E-state index is 12.4. The smallest absolute Gasteiger partial charge is 0.261 e. The summed E-state index contributed by atoms with van der Waals surface area (Å²) in [5.74, 6) is 0.156. The molecule has 1 N–H and O–H groups in total. The van der Waals surface area contributed by atoms with Crippen LogP contribution in [0.1, 0.15) is 26.7 Å². The fraction of sp³-hybridized carbons (Fsp3) is 0.588. The third-order valence-electron chi connectivity index (χ3n) is 3.76. The number of nitrogens with zero attached hydrogens (tertiary/aromatic N) is 1. The van der Waals surface area contributed by atoms with Crippen LogP contribution in [0.15, 0.2) is 24.3 Å². The average Bonchev–Trinajstić information content (AvgIpc) is 2.73. The highest BCUT2D eigenvalue weighted by Crippen LogP contribution is 2.33. The van der Waals surface area contributed by atoms with Gasteiger partial charge < -0.3 is 14.8 Å². The second-order valence-corrected chi connectivity index (χ2v) is 8.17. The first-order valence-electron chi connectivity index (χ1n) is 8.41. The van der Waals surface area contributed by atoms with E-state index in [9.17, 15) is 13.2 Å². The summed E-state index contributed by atoms with van der Waals surface area (Å²) in [5.41, 5.74) is 0.464. The minimum atomic E-state index is -3.44. The minimum absolute atomic E-state index is 0.166. The van der Waals surface area contributed by atoms with Gasteiger partial charge in [0.05, 0.1) is 18.0 Å². The molecule has 1 atom stereocenters. The molecule has 0 saturated heterocycles. The summed E-state index contributed by atoms with van der Waals surface area (Å²) in [5, 5.41) is 2.83. The third kappa shape index (κ3) is 5.61. The number of amides is 1. The van der Waals surface area contributed by atoms with Crippen LogP contribution in [0.4, 0.5) is 5.69 Å². The quantitative estimate of drug-likeness (QED) is 0.736. The lowest BCUT2D eigenvalue weighted by Gasteiger charge is -2.20. The number of fused-ring (bicyclic) bond motifs is 1. The second kappa shape index (κ2) is 8.53. The number of carbonyl (C=O) groups excluding carboxylic acids is 1. The van der Waals surface area contributed by atoms with Gasteiger partial charge >= 0.3 is 0 Å². The number of benzene rings is 1. The van der Waals surface area contributed by atoms with Crippen molar-refractivity contribution in [1.29, 1.82) is 0 Å². The lowest BCUT2D eigenvalue weighted by Crippen LogP contribution is -2.40. The summed E-state index contributed by atoms with van der Waals surface area (Å²) >= 11 is 0. The SMILES string of the molecule is CC(C)OCCCNC(=O)C1CCN(S(C)(=O)=O)c2ccccc2O1. The van der Waals surface area contributed by atoms with Gasteiger partial charge in [0, 0.05) is 26.1 Å². The first-order valence-corrected chi connectivity index (χ1v) is 10.3. The van der Waals surface area contributed by atoms with Crippen LogP contribution in [0.3, 0.4) is 0 Å². The molecule has 0 fully saturated rings. The van der Waals surface area contributed by atoms with Gasteiger partial charge in [-0.25, -0.2) is 8.42 Å². The summed E-state index contributed by atoms with van der Waals surface area (Å²) < 4.78 is 36.6. The highest BCUT2D eigenvalue weighted by molar-refractivity contribution is 7.92. The van der Waals surface area contributed by atoms with Crippen LogP contribution < -0.4 is 14.4 Å². The Hall–Kier alpha value is -1.80. The molecule has 1 heterocycles. The number of carbonyl (C=O) groups is 1. The van der Waals surface area contributed by atoms with Crippen molar-refractivity contribution in [2.75, 3.05) is 30.3 Å². The first-order chi connectivity index (χ1) is 11.8. The molecular weight excluding hydrogens is 344 g/mol. The van der Waals surface area contributed by atoms with Gasteiger partial charge in [0.2, 0.25) is 10.0 Å². The topological polar surface area (TPSA) is 84.9 Å². The Labute approximate surface area is 149 Å². The highest BCUT2D eigenvalue weighted by atomic mass is 32.2. The van der Waals surface area contributed by atoms with Crippen molar-refractivity contribution >= 4 is 21.6 Å². The van der Waals surface area contributed by atoms with Crippen molar-refractivity contribution in [1.82, 2.24) is 5.32 Å². The number of nitrogens with one attached hydrogen (secondary N) is 1. The summed E-state index contributed by atoms with van der Waals surface area (Å²) in [4.78, 5) is 12.4. The molecule has 1 aromatic rings. The number of sulfonamides is 1. The van der Waals surface area contributed by atoms with Gasteiger partial charge in [-0.15, -0.1) is 0 Å². The summed E-state index contributed by atoms with van der Waals surface area (Å²) in [6, 6.07) is 6.85. The summed E-state index contributed by atoms with van der Waals surface area (Å²) in [7, 11) is -3.44. The van der Waals surface area contributed by atoms with Crippen LogP contribution >= 0.6 is 0 Å². The van der Waals surface area contributed by atoms with Crippen LogP contribution in [0.5, 0.6) is 5.75 Å². The molecule has 0 aromatic heterocycles. The van der Waals surface area contributed by atoms with Crippen molar-refractivity contribution in [3.05, 3.63) is 24.3 Å². The number of hydrogen-bond acceptors (Lipinski definition) is 5. The molecule has 0 spiro atoms. The zero-order chi connectivity index (χ0) is 18.4. The Kier molecular flexibility index (Phi) is 6.66. The molecule has 1 amide bonds. The summed E-state index contributed by atoms with van der Waals surface area (Å²) in [6.07, 6.45) is 1.59. The molecule has 0 radical (unpaired) electrons. The van der Waals surface area contributed by atoms with E-state index in [1.165, 1.54) is 4.31 Å². The molecule has 8 heteroatoms. The van der Waals surface area contributed by atoms with Crippen molar-refractivity contribution in [2.45, 2.75) is 38.9 Å². The largest absolute Gasteiger partial charge is 0.478 e. The number of rotatable bonds is 7. The van der Waals surface area contributed by atoms with E-state index in [0.29, 0.717) is 31.0 Å². The van der Waals surface area contributed by atoms with E-state index in [-0.39, 0.29) is 25.0 Å². The molecule has 7 nitrogen and oxygen atoms in total. The Bertz CT molecular complexity index is 690. The molecule has 0 aliphatic carbocycles. The predicted molar refractivity (Wildman–Crippen MR) is 96.4 cm³/mol. The van der Waals surface area contributed by atoms with Gasteiger partial charge in [-0.2, -0.15) is 0 Å². The molecule has 1 aromatic carbocycles. The Morgan fingerprint density at radius 2 is 2.12 bits per heavy atom. The average molecular weight is 370 g/mol. The zero-order valence-corrected chi connectivity index (χ0v) is 15.7. The van der Waals surface area contributed by atoms with Gasteiger partial charge in [0.1, 0.15) is 5.75 Å². The maximum Gasteiger partial charge on any atom is 0.261 e. The number of para-hydroxylation sites is 2. The van der Waals surface area contributed by atoms with Gasteiger partial charge in [-0.1, -0.05) is 12.1 Å². The maximum atomic E-state index is 12.4. The zero-order valence-electron chi connectivity index (χ0n) is 14.9. The summed E-state index contributed by atoms with van der Waals surface area (Å²) in [6.45, 7) is 5.19. The van der Waals surface area contributed by atoms with Crippen molar-refractivity contribution in [3.8, 4) is 5.75 Å². The molecule has 1 unspecified atom stereocenters. The minimum Gasteiger partial charge on any atom is -0.478 e. The number of anilines is 1. The standard InChI is InChI=1S/C17H26N2O5S/c1-13(2)23-12-6-10-18-17(20)16-9-11-19(25(3,21)22)14-7-4-5-8-15(14)24-16/h4-5,7-8,13,16H,6,9-12H2,1-3H3,(H,18,20). The normalized spacial score (nSPS) is 17.6. The predicted octanol–water partition coefficient (Wildman–Crippen LogP) is 1.54. The van der Waals surface area contributed by atoms with Crippen LogP contribution in [-0.2, 0) is 19.6 Å². The van der Waals surface area contributed by atoms with Crippen LogP contribution in [0, 0.1) is 0 Å². The van der Waals surface area contributed by atoms with E-state index in [1.54, 1.807) is 24.3 Å². The molecule has 140 valence electrons. The van der Waals surface area contributed by atoms with E-state index in [1.807, 2.05) is 13.8 Å². The molecule has 0 saturated carbocycles. The van der Waals surface area contributed by atoms with E-state index in [2.05, 4.69) is 5.32 Å². The molecule has 0 bridgehead atoms. The van der Waals surface area contributed by atoms with Crippen LogP contribution in [-0.4, -0.2) is 52.5 Å². The first kappa shape index (κ1) is 19.5. The fourth-order valence-corrected chi connectivity index (χ4v) is 3.52. The Morgan fingerprint density at radius 3 is 2.80 bits per heavy atom. The monoisotopic (exact) mass is 370 g/mol. The van der Waals surface area contributed by atoms with Gasteiger partial charge in [-0.3, -0.25) is 9.10 Å². The highest BCUT2D eigenvalue weighted by Gasteiger charge is 2.30. The lowest BCUT2D eigenvalue weighted by atomic mass is 10.2. The van der Waals surface area contributed by atoms with Gasteiger partial charge in [0.25, 0.3) is 5.91 Å². The van der Waals surface area contributed by atoms with E-state index >= 15 is 0 Å². The lowest BCUT2D eigenvalue weighted by molar-refractivity contribution is -0.128. The number of ether oxygens (including phenoxy) is 2. The van der Waals surface area contributed by atoms with Crippen LogP contribution in [0.2, 0.25) is 0 Å². The molecular formula is C17H26N2O5S.